The number of hydrogen-bond donors (Lipinski definition) is 2. The van der Waals surface area contributed by atoms with Crippen molar-refractivity contribution in [1.82, 2.24) is 14.9 Å². The smallest absolute Gasteiger partial charge is 0.262 e. The summed E-state index contributed by atoms with van der Waals surface area (Å²) in [5.74, 6) is -0.211. The van der Waals surface area contributed by atoms with Crippen molar-refractivity contribution >= 4 is 40.6 Å². The molecular weight excluding hydrogens is 406 g/mol. The van der Waals surface area contributed by atoms with Gasteiger partial charge in [0.05, 0.1) is 10.9 Å². The van der Waals surface area contributed by atoms with Crippen molar-refractivity contribution in [3.63, 3.8) is 0 Å². The van der Waals surface area contributed by atoms with Crippen molar-refractivity contribution in [3.05, 3.63) is 73.7 Å². The molecule has 29 heavy (non-hydrogen) atoms. The SMILES string of the molecule is O=C(NCc1ccc(Cl)cc1)c1ccc2c(=O)n(C3CCCCC3)c(=S)[nH]c2c1. The third-order valence-electron chi connectivity index (χ3n) is 5.50. The molecule has 5 nitrogen and oxygen atoms in total. The lowest BCUT2D eigenvalue weighted by Gasteiger charge is -2.24. The monoisotopic (exact) mass is 427 g/mol. The summed E-state index contributed by atoms with van der Waals surface area (Å²) < 4.78 is 2.14. The summed E-state index contributed by atoms with van der Waals surface area (Å²) in [6, 6.07) is 12.6. The molecular formula is C22H22ClN3O2S. The highest BCUT2D eigenvalue weighted by molar-refractivity contribution is 7.71. The second-order valence-corrected chi connectivity index (χ2v) is 8.29. The van der Waals surface area contributed by atoms with Gasteiger partial charge in [0.15, 0.2) is 4.77 Å². The first-order valence-corrected chi connectivity index (χ1v) is 10.6. The standard InChI is InChI=1S/C22H22ClN3O2S/c23-16-9-6-14(7-10-16)13-24-20(27)15-8-11-18-19(12-15)25-22(29)26(21(18)28)17-4-2-1-3-5-17/h6-12,17H,1-5,13H2,(H,24,27)(H,25,29). The molecule has 0 atom stereocenters. The molecule has 3 aromatic rings. The minimum atomic E-state index is -0.211. The number of hydrogen-bond acceptors (Lipinski definition) is 3. The topological polar surface area (TPSA) is 66.9 Å². The largest absolute Gasteiger partial charge is 0.348 e. The summed E-state index contributed by atoms with van der Waals surface area (Å²) >= 11 is 11.4. The van der Waals surface area contributed by atoms with Gasteiger partial charge in [-0.3, -0.25) is 14.2 Å². The molecule has 1 heterocycles. The number of halogens is 1. The maximum absolute atomic E-state index is 13.0. The fourth-order valence-corrected chi connectivity index (χ4v) is 4.40. The first-order chi connectivity index (χ1) is 14.0. The summed E-state index contributed by atoms with van der Waals surface area (Å²) in [5, 5.41) is 4.10. The van der Waals surface area contributed by atoms with E-state index < -0.39 is 0 Å². The number of aromatic nitrogens is 2. The number of nitrogens with zero attached hydrogens (tertiary/aromatic N) is 1. The Labute approximate surface area is 178 Å². The molecule has 1 amide bonds. The third-order valence-corrected chi connectivity index (χ3v) is 6.05. The predicted molar refractivity (Wildman–Crippen MR) is 118 cm³/mol. The molecule has 1 saturated carbocycles. The average molecular weight is 428 g/mol. The summed E-state index contributed by atoms with van der Waals surface area (Å²) in [6.45, 7) is 0.396. The van der Waals surface area contributed by atoms with Gasteiger partial charge in [-0.2, -0.15) is 0 Å². The highest BCUT2D eigenvalue weighted by atomic mass is 35.5. The number of carbonyl (C=O) groups is 1. The molecule has 1 fully saturated rings. The van der Waals surface area contributed by atoms with Gasteiger partial charge in [-0.25, -0.2) is 0 Å². The van der Waals surface area contributed by atoms with Crippen LogP contribution in [0.15, 0.2) is 47.3 Å². The van der Waals surface area contributed by atoms with E-state index in [1.54, 1.807) is 34.9 Å². The predicted octanol–water partition coefficient (Wildman–Crippen LogP) is 5.15. The molecule has 0 bridgehead atoms. The zero-order chi connectivity index (χ0) is 20.4. The molecule has 0 radical (unpaired) electrons. The van der Waals surface area contributed by atoms with E-state index in [-0.39, 0.29) is 17.5 Å². The minimum absolute atomic E-state index is 0.0798. The number of H-pyrrole nitrogens is 1. The molecule has 7 heteroatoms. The zero-order valence-electron chi connectivity index (χ0n) is 15.9. The summed E-state index contributed by atoms with van der Waals surface area (Å²) in [4.78, 5) is 28.7. The number of carbonyl (C=O) groups excluding carboxylic acids is 1. The summed E-state index contributed by atoms with van der Waals surface area (Å²) in [5.41, 5.74) is 1.94. The Morgan fingerprint density at radius 3 is 2.59 bits per heavy atom. The van der Waals surface area contributed by atoms with E-state index in [2.05, 4.69) is 10.3 Å². The van der Waals surface area contributed by atoms with Crippen molar-refractivity contribution in [2.24, 2.45) is 0 Å². The molecule has 4 rings (SSSR count). The van der Waals surface area contributed by atoms with E-state index >= 15 is 0 Å². The minimum Gasteiger partial charge on any atom is -0.348 e. The lowest BCUT2D eigenvalue weighted by molar-refractivity contribution is 0.0951. The van der Waals surface area contributed by atoms with Crippen LogP contribution in [0.25, 0.3) is 10.9 Å². The lowest BCUT2D eigenvalue weighted by Crippen LogP contribution is -2.28. The van der Waals surface area contributed by atoms with E-state index in [0.29, 0.717) is 32.8 Å². The van der Waals surface area contributed by atoms with Crippen LogP contribution in [0.3, 0.4) is 0 Å². The van der Waals surface area contributed by atoms with Gasteiger partial charge >= 0.3 is 0 Å². The van der Waals surface area contributed by atoms with Crippen LogP contribution in [-0.4, -0.2) is 15.5 Å². The molecule has 0 aliphatic heterocycles. The van der Waals surface area contributed by atoms with Gasteiger partial charge in [-0.1, -0.05) is 43.0 Å². The van der Waals surface area contributed by atoms with Gasteiger partial charge < -0.3 is 10.3 Å². The molecule has 0 spiro atoms. The Bertz CT molecular complexity index is 1160. The van der Waals surface area contributed by atoms with Gasteiger partial charge in [0.2, 0.25) is 0 Å². The van der Waals surface area contributed by atoms with Crippen LogP contribution in [0.1, 0.15) is 54.1 Å². The highest BCUT2D eigenvalue weighted by Gasteiger charge is 2.19. The van der Waals surface area contributed by atoms with Gasteiger partial charge in [-0.15, -0.1) is 0 Å². The van der Waals surface area contributed by atoms with E-state index in [0.717, 1.165) is 31.2 Å². The van der Waals surface area contributed by atoms with Crippen LogP contribution >= 0.6 is 23.8 Å². The number of amides is 1. The van der Waals surface area contributed by atoms with Crippen LogP contribution in [-0.2, 0) is 6.54 Å². The second kappa shape index (κ2) is 8.51. The zero-order valence-corrected chi connectivity index (χ0v) is 17.5. The number of nitrogens with one attached hydrogen (secondary N) is 2. The Hall–Kier alpha value is -2.44. The number of aromatic amines is 1. The number of rotatable bonds is 4. The van der Waals surface area contributed by atoms with Crippen molar-refractivity contribution in [3.8, 4) is 0 Å². The van der Waals surface area contributed by atoms with Crippen LogP contribution in [0.5, 0.6) is 0 Å². The fraction of sp³-hybridized carbons (Fsp3) is 0.318. The van der Waals surface area contributed by atoms with E-state index in [1.807, 2.05) is 12.1 Å². The Morgan fingerprint density at radius 1 is 1.14 bits per heavy atom. The van der Waals surface area contributed by atoms with Crippen LogP contribution in [0.4, 0.5) is 0 Å². The first-order valence-electron chi connectivity index (χ1n) is 9.84. The number of fused-ring (bicyclic) bond motifs is 1. The Kier molecular flexibility index (Phi) is 5.83. The van der Waals surface area contributed by atoms with Crippen molar-refractivity contribution in [1.29, 1.82) is 0 Å². The summed E-state index contributed by atoms with van der Waals surface area (Å²) in [7, 11) is 0. The van der Waals surface area contributed by atoms with Crippen LogP contribution < -0.4 is 10.9 Å². The lowest BCUT2D eigenvalue weighted by atomic mass is 9.95. The normalized spacial score (nSPS) is 14.8. The maximum atomic E-state index is 13.0. The molecule has 1 aromatic heterocycles. The average Bonchev–Trinajstić information content (AvgIpc) is 2.73. The molecule has 150 valence electrons. The molecule has 1 aliphatic carbocycles. The summed E-state index contributed by atoms with van der Waals surface area (Å²) in [6.07, 6.45) is 5.42. The van der Waals surface area contributed by atoms with Gasteiger partial charge in [0.1, 0.15) is 0 Å². The van der Waals surface area contributed by atoms with Crippen LogP contribution in [0, 0.1) is 4.77 Å². The quantitative estimate of drug-likeness (QED) is 0.566. The fourth-order valence-electron chi connectivity index (χ4n) is 3.93. The third kappa shape index (κ3) is 4.28. The number of benzene rings is 2. The maximum Gasteiger partial charge on any atom is 0.262 e. The van der Waals surface area contributed by atoms with E-state index in [1.165, 1.54) is 6.42 Å². The van der Waals surface area contributed by atoms with Gasteiger partial charge in [0.25, 0.3) is 11.5 Å². The Balaban J connectivity index is 1.59. The molecule has 2 aromatic carbocycles. The van der Waals surface area contributed by atoms with Crippen molar-refractivity contribution in [2.75, 3.05) is 0 Å². The molecule has 0 unspecified atom stereocenters. The van der Waals surface area contributed by atoms with Crippen LogP contribution in [0.2, 0.25) is 5.02 Å². The van der Waals surface area contributed by atoms with Crippen molar-refractivity contribution in [2.45, 2.75) is 44.7 Å². The molecule has 1 aliphatic rings. The second-order valence-electron chi connectivity index (χ2n) is 7.47. The highest BCUT2D eigenvalue weighted by Crippen LogP contribution is 2.27. The van der Waals surface area contributed by atoms with E-state index in [4.69, 9.17) is 23.8 Å². The Morgan fingerprint density at radius 2 is 1.86 bits per heavy atom. The molecule has 2 N–H and O–H groups in total. The van der Waals surface area contributed by atoms with Gasteiger partial charge in [0, 0.05) is 23.2 Å². The molecule has 0 saturated heterocycles. The van der Waals surface area contributed by atoms with E-state index in [9.17, 15) is 9.59 Å². The first kappa shape index (κ1) is 19.9. The van der Waals surface area contributed by atoms with Gasteiger partial charge in [-0.05, 0) is 61.0 Å². The van der Waals surface area contributed by atoms with Crippen molar-refractivity contribution < 1.29 is 4.79 Å².